The van der Waals surface area contributed by atoms with Gasteiger partial charge in [-0.05, 0) is 6.07 Å². The molecule has 1 aromatic rings. The Morgan fingerprint density at radius 3 is 2.67 bits per heavy atom. The third-order valence-corrected chi connectivity index (χ3v) is 1.61. The maximum Gasteiger partial charge on any atom is 0.435 e. The van der Waals surface area contributed by atoms with E-state index in [1.165, 1.54) is 0 Å². The zero-order valence-electron chi connectivity index (χ0n) is 7.50. The van der Waals surface area contributed by atoms with Crippen molar-refractivity contribution in [2.75, 3.05) is 7.11 Å². The van der Waals surface area contributed by atoms with Crippen LogP contribution in [0, 0.1) is 0 Å². The summed E-state index contributed by atoms with van der Waals surface area (Å²) in [5.74, 6) is -1.06. The minimum atomic E-state index is -4.62. The van der Waals surface area contributed by atoms with Gasteiger partial charge < -0.3 is 9.84 Å². The van der Waals surface area contributed by atoms with Crippen LogP contribution in [-0.4, -0.2) is 28.4 Å². The molecule has 0 spiro atoms. The Morgan fingerprint density at radius 1 is 1.67 bits per heavy atom. The molecular weight excluding hydrogens is 217 g/mol. The molecule has 0 aliphatic carbocycles. The summed E-state index contributed by atoms with van der Waals surface area (Å²) in [5, 5.41) is 14.0. The summed E-state index contributed by atoms with van der Waals surface area (Å²) < 4.78 is 40.3. The van der Waals surface area contributed by atoms with Gasteiger partial charge in [0.2, 0.25) is 0 Å². The number of aromatic amines is 1. The quantitative estimate of drug-likeness (QED) is 0.722. The van der Waals surface area contributed by atoms with Crippen LogP contribution in [0.4, 0.5) is 13.2 Å². The number of nitrogens with zero attached hydrogens (tertiary/aromatic N) is 1. The van der Waals surface area contributed by atoms with Crippen LogP contribution in [0.15, 0.2) is 6.07 Å². The minimum Gasteiger partial charge on any atom is -0.467 e. The summed E-state index contributed by atoms with van der Waals surface area (Å²) in [6, 6.07) is 0.543. The SMILES string of the molecule is COC(=O)C(O)c1cc(C(F)(F)F)n[nH]1. The number of hydrogen-bond acceptors (Lipinski definition) is 4. The average molecular weight is 224 g/mol. The number of nitrogens with one attached hydrogen (secondary N) is 1. The lowest BCUT2D eigenvalue weighted by Gasteiger charge is -2.04. The fourth-order valence-corrected chi connectivity index (χ4v) is 0.861. The van der Waals surface area contributed by atoms with Gasteiger partial charge in [-0.15, -0.1) is 0 Å². The van der Waals surface area contributed by atoms with Crippen LogP contribution in [0.1, 0.15) is 17.5 Å². The van der Waals surface area contributed by atoms with Crippen LogP contribution in [0.5, 0.6) is 0 Å². The molecule has 1 atom stereocenters. The molecule has 1 heterocycles. The highest BCUT2D eigenvalue weighted by atomic mass is 19.4. The summed E-state index contributed by atoms with van der Waals surface area (Å²) in [6.45, 7) is 0. The third-order valence-electron chi connectivity index (χ3n) is 1.61. The minimum absolute atomic E-state index is 0.367. The van der Waals surface area contributed by atoms with E-state index in [0.717, 1.165) is 7.11 Å². The van der Waals surface area contributed by atoms with Crippen LogP contribution in [-0.2, 0) is 15.7 Å². The molecule has 1 rings (SSSR count). The predicted molar refractivity (Wildman–Crippen MR) is 40.6 cm³/mol. The second-order valence-corrected chi connectivity index (χ2v) is 2.63. The number of hydrogen-bond donors (Lipinski definition) is 2. The van der Waals surface area contributed by atoms with Gasteiger partial charge >= 0.3 is 12.1 Å². The van der Waals surface area contributed by atoms with Crippen molar-refractivity contribution < 1.29 is 27.8 Å². The Balaban J connectivity index is 2.89. The Morgan fingerprint density at radius 2 is 2.27 bits per heavy atom. The Bertz CT molecular complexity index is 361. The molecule has 5 nitrogen and oxygen atoms in total. The topological polar surface area (TPSA) is 75.2 Å². The van der Waals surface area contributed by atoms with Crippen molar-refractivity contribution in [1.29, 1.82) is 0 Å². The van der Waals surface area contributed by atoms with Gasteiger partial charge in [0.15, 0.2) is 11.8 Å². The number of esters is 1. The number of methoxy groups -OCH3 is 1. The van der Waals surface area contributed by atoms with Crippen LogP contribution in [0.25, 0.3) is 0 Å². The molecule has 1 unspecified atom stereocenters. The van der Waals surface area contributed by atoms with E-state index in [9.17, 15) is 18.0 Å². The summed E-state index contributed by atoms with van der Waals surface area (Å²) in [6.07, 6.45) is -6.41. The second-order valence-electron chi connectivity index (χ2n) is 2.63. The summed E-state index contributed by atoms with van der Waals surface area (Å²) >= 11 is 0. The normalized spacial score (nSPS) is 13.7. The molecule has 84 valence electrons. The maximum atomic E-state index is 12.1. The van der Waals surface area contributed by atoms with E-state index in [1.807, 2.05) is 5.10 Å². The molecule has 0 saturated heterocycles. The molecule has 0 saturated carbocycles. The average Bonchev–Trinajstić information content (AvgIpc) is 2.63. The third kappa shape index (κ3) is 2.46. The molecule has 0 fully saturated rings. The standard InChI is InChI=1S/C7H7F3N2O3/c1-15-6(14)5(13)3-2-4(12-11-3)7(8,9)10/h2,5,13H,1H3,(H,11,12). The summed E-state index contributed by atoms with van der Waals surface area (Å²) in [5.41, 5.74) is -1.57. The fourth-order valence-electron chi connectivity index (χ4n) is 0.861. The molecule has 0 aromatic carbocycles. The number of aliphatic hydroxyl groups excluding tert-OH is 1. The second kappa shape index (κ2) is 3.89. The van der Waals surface area contributed by atoms with Gasteiger partial charge in [-0.2, -0.15) is 18.3 Å². The number of H-pyrrole nitrogens is 1. The number of carbonyl (C=O) groups excluding carboxylic acids is 1. The van der Waals surface area contributed by atoms with Crippen LogP contribution < -0.4 is 0 Å². The number of halogens is 3. The van der Waals surface area contributed by atoms with Gasteiger partial charge in [-0.3, -0.25) is 5.10 Å². The van der Waals surface area contributed by atoms with Crippen molar-refractivity contribution in [3.63, 3.8) is 0 Å². The van der Waals surface area contributed by atoms with E-state index < -0.39 is 23.9 Å². The van der Waals surface area contributed by atoms with Gasteiger partial charge in [0.1, 0.15) is 0 Å². The predicted octanol–water partition coefficient (Wildman–Crippen LogP) is 0.635. The highest BCUT2D eigenvalue weighted by Gasteiger charge is 2.35. The van der Waals surface area contributed by atoms with E-state index in [2.05, 4.69) is 9.84 Å². The number of ether oxygens (including phenoxy) is 1. The van der Waals surface area contributed by atoms with Crippen molar-refractivity contribution in [2.24, 2.45) is 0 Å². The zero-order valence-corrected chi connectivity index (χ0v) is 7.50. The highest BCUT2D eigenvalue weighted by molar-refractivity contribution is 5.75. The molecule has 0 bridgehead atoms. The van der Waals surface area contributed by atoms with Gasteiger partial charge in [0.05, 0.1) is 12.8 Å². The molecular formula is C7H7F3N2O3. The molecule has 2 N–H and O–H groups in total. The molecule has 1 aromatic heterocycles. The Kier molecular flexibility index (Phi) is 2.98. The van der Waals surface area contributed by atoms with E-state index in [0.29, 0.717) is 6.07 Å². The lowest BCUT2D eigenvalue weighted by Crippen LogP contribution is -2.13. The molecule has 0 amide bonds. The first-order valence-corrected chi connectivity index (χ1v) is 3.74. The van der Waals surface area contributed by atoms with Gasteiger partial charge in [0.25, 0.3) is 0 Å². The van der Waals surface area contributed by atoms with Crippen LogP contribution in [0.3, 0.4) is 0 Å². The fraction of sp³-hybridized carbons (Fsp3) is 0.429. The number of aliphatic hydroxyl groups is 1. The lowest BCUT2D eigenvalue weighted by molar-refractivity contribution is -0.151. The van der Waals surface area contributed by atoms with Crippen LogP contribution >= 0.6 is 0 Å². The van der Waals surface area contributed by atoms with Gasteiger partial charge in [0, 0.05) is 0 Å². The van der Waals surface area contributed by atoms with Crippen molar-refractivity contribution in [1.82, 2.24) is 10.2 Å². The smallest absolute Gasteiger partial charge is 0.435 e. The van der Waals surface area contributed by atoms with Crippen molar-refractivity contribution >= 4 is 5.97 Å². The van der Waals surface area contributed by atoms with E-state index in [-0.39, 0.29) is 5.69 Å². The number of carbonyl (C=O) groups is 1. The van der Waals surface area contributed by atoms with Gasteiger partial charge in [-0.25, -0.2) is 4.79 Å². The molecule has 15 heavy (non-hydrogen) atoms. The van der Waals surface area contributed by atoms with Crippen LogP contribution in [0.2, 0.25) is 0 Å². The first-order valence-electron chi connectivity index (χ1n) is 3.74. The number of alkyl halides is 3. The highest BCUT2D eigenvalue weighted by Crippen LogP contribution is 2.28. The molecule has 0 aliphatic rings. The zero-order chi connectivity index (χ0) is 11.6. The molecule has 8 heteroatoms. The summed E-state index contributed by atoms with van der Waals surface area (Å²) in [7, 11) is 1.01. The van der Waals surface area contributed by atoms with E-state index >= 15 is 0 Å². The first kappa shape index (κ1) is 11.5. The molecule has 0 radical (unpaired) electrons. The van der Waals surface area contributed by atoms with Crippen molar-refractivity contribution in [2.45, 2.75) is 12.3 Å². The Hall–Kier alpha value is -1.57. The number of rotatable bonds is 2. The Labute approximate surface area is 81.9 Å². The molecule has 0 aliphatic heterocycles. The van der Waals surface area contributed by atoms with E-state index in [4.69, 9.17) is 5.11 Å². The van der Waals surface area contributed by atoms with Crippen molar-refractivity contribution in [3.05, 3.63) is 17.5 Å². The van der Waals surface area contributed by atoms with Crippen molar-refractivity contribution in [3.8, 4) is 0 Å². The number of aromatic nitrogens is 2. The first-order chi connectivity index (χ1) is 6.86. The largest absolute Gasteiger partial charge is 0.467 e. The summed E-state index contributed by atoms with van der Waals surface area (Å²) in [4.78, 5) is 10.8. The maximum absolute atomic E-state index is 12.1. The van der Waals surface area contributed by atoms with E-state index in [1.54, 1.807) is 0 Å². The lowest BCUT2D eigenvalue weighted by atomic mass is 10.2. The van der Waals surface area contributed by atoms with Gasteiger partial charge in [-0.1, -0.05) is 0 Å². The monoisotopic (exact) mass is 224 g/mol.